The summed E-state index contributed by atoms with van der Waals surface area (Å²) in [5, 5.41) is 14.9. The largest absolute Gasteiger partial charge is 0.396 e. The maximum absolute atomic E-state index is 10.0. The third-order valence-electron chi connectivity index (χ3n) is 6.56. The molecule has 116 valence electrons. The monoisotopic (exact) mass is 288 g/mol. The Bertz CT molecular complexity index is 491. The minimum atomic E-state index is 0.147. The lowest BCUT2D eigenvalue weighted by molar-refractivity contribution is 0.0639. The van der Waals surface area contributed by atoms with E-state index in [0.717, 1.165) is 18.3 Å². The Hall–Kier alpha value is -0.830. The first-order valence-electron chi connectivity index (χ1n) is 8.94. The van der Waals surface area contributed by atoms with Crippen LogP contribution in [0.5, 0.6) is 0 Å². The molecule has 0 spiro atoms. The zero-order valence-corrected chi connectivity index (χ0v) is 13.0. The maximum atomic E-state index is 10.0. The second kappa shape index (κ2) is 5.42. The number of fused-ring (bicyclic) bond motifs is 2. The highest BCUT2D eigenvalue weighted by Crippen LogP contribution is 2.56. The molecular weight excluding hydrogens is 260 g/mol. The zero-order valence-electron chi connectivity index (χ0n) is 13.0. The fourth-order valence-corrected chi connectivity index (χ4v) is 5.41. The van der Waals surface area contributed by atoms with Crippen molar-refractivity contribution < 1.29 is 5.11 Å². The molecule has 0 saturated heterocycles. The summed E-state index contributed by atoms with van der Waals surface area (Å²) in [6, 6.07) is 2.83. The number of hydrogen-bond acceptors (Lipinski definition) is 2. The number of rotatable bonds is 4. The lowest BCUT2D eigenvalue weighted by Gasteiger charge is -2.35. The van der Waals surface area contributed by atoms with Gasteiger partial charge in [0.25, 0.3) is 0 Å². The van der Waals surface area contributed by atoms with Crippen LogP contribution >= 0.6 is 0 Å². The molecule has 3 fully saturated rings. The third kappa shape index (κ3) is 2.44. The van der Waals surface area contributed by atoms with Gasteiger partial charge in [-0.1, -0.05) is 25.7 Å². The van der Waals surface area contributed by atoms with Crippen molar-refractivity contribution in [3.63, 3.8) is 0 Å². The Kier molecular flexibility index (Phi) is 3.56. The van der Waals surface area contributed by atoms with E-state index in [1.165, 1.54) is 63.5 Å². The Morgan fingerprint density at radius 3 is 2.71 bits per heavy atom. The zero-order chi connectivity index (χ0) is 14.3. The minimum absolute atomic E-state index is 0.147. The molecular formula is C18H28N2O. The van der Waals surface area contributed by atoms with E-state index in [1.54, 1.807) is 0 Å². The Balaban J connectivity index is 1.48. The first-order valence-corrected chi connectivity index (χ1v) is 8.94. The molecule has 21 heavy (non-hydrogen) atoms. The molecule has 1 aromatic rings. The molecule has 1 aromatic heterocycles. The number of aliphatic hydroxyl groups excluding tert-OH is 1. The van der Waals surface area contributed by atoms with Gasteiger partial charge in [0, 0.05) is 18.2 Å². The molecule has 0 aliphatic heterocycles. The van der Waals surface area contributed by atoms with E-state index in [4.69, 9.17) is 5.10 Å². The summed E-state index contributed by atoms with van der Waals surface area (Å²) in [6.07, 6.45) is 15.1. The van der Waals surface area contributed by atoms with Crippen molar-refractivity contribution in [2.24, 2.45) is 17.3 Å². The highest BCUT2D eigenvalue weighted by Gasteiger charge is 2.50. The van der Waals surface area contributed by atoms with Crippen molar-refractivity contribution in [3.05, 3.63) is 18.0 Å². The van der Waals surface area contributed by atoms with Gasteiger partial charge in [-0.15, -0.1) is 0 Å². The average molecular weight is 288 g/mol. The smallest absolute Gasteiger partial charge is 0.0631 e. The summed E-state index contributed by atoms with van der Waals surface area (Å²) in [4.78, 5) is 0. The lowest BCUT2D eigenvalue weighted by Crippen LogP contribution is -2.34. The van der Waals surface area contributed by atoms with E-state index in [2.05, 4.69) is 16.9 Å². The van der Waals surface area contributed by atoms with Crippen LogP contribution in [0.15, 0.2) is 12.3 Å². The predicted octanol–water partition coefficient (Wildman–Crippen LogP) is 3.73. The molecule has 3 aliphatic carbocycles. The molecule has 3 aliphatic rings. The van der Waals surface area contributed by atoms with Crippen LogP contribution in [-0.4, -0.2) is 21.5 Å². The predicted molar refractivity (Wildman–Crippen MR) is 83.0 cm³/mol. The van der Waals surface area contributed by atoms with E-state index < -0.39 is 0 Å². The standard InChI is InChI=1S/C18H28N2O/c21-13-18(11-14-6-7-15(18)10-14)12-16-8-9-20(19-16)17-4-2-1-3-5-17/h8-9,14-15,17,21H,1-7,10-13H2. The normalized spacial score (nSPS) is 36.4. The number of hydrogen-bond donors (Lipinski definition) is 1. The van der Waals surface area contributed by atoms with Crippen molar-refractivity contribution in [1.29, 1.82) is 0 Å². The molecule has 3 atom stereocenters. The van der Waals surface area contributed by atoms with Crippen LogP contribution in [0.1, 0.15) is 69.5 Å². The summed E-state index contributed by atoms with van der Waals surface area (Å²) < 4.78 is 2.22. The fraction of sp³-hybridized carbons (Fsp3) is 0.833. The van der Waals surface area contributed by atoms with Crippen molar-refractivity contribution in [2.45, 2.75) is 70.3 Å². The van der Waals surface area contributed by atoms with Crippen LogP contribution in [0.25, 0.3) is 0 Å². The molecule has 3 unspecified atom stereocenters. The van der Waals surface area contributed by atoms with Crippen molar-refractivity contribution in [2.75, 3.05) is 6.61 Å². The first-order chi connectivity index (χ1) is 10.3. The van der Waals surface area contributed by atoms with Crippen LogP contribution in [0.4, 0.5) is 0 Å². The van der Waals surface area contributed by atoms with Gasteiger partial charge in [0.05, 0.1) is 11.7 Å². The lowest BCUT2D eigenvalue weighted by atomic mass is 9.71. The van der Waals surface area contributed by atoms with Gasteiger partial charge in [-0.2, -0.15) is 5.10 Å². The molecule has 2 bridgehead atoms. The van der Waals surface area contributed by atoms with E-state index in [9.17, 15) is 5.11 Å². The number of aliphatic hydroxyl groups is 1. The average Bonchev–Trinajstić information content (AvgIpc) is 3.24. The Morgan fingerprint density at radius 2 is 2.05 bits per heavy atom. The molecule has 0 aromatic carbocycles. The van der Waals surface area contributed by atoms with Gasteiger partial charge in [0.2, 0.25) is 0 Å². The van der Waals surface area contributed by atoms with Gasteiger partial charge in [0.15, 0.2) is 0 Å². The molecule has 1 N–H and O–H groups in total. The number of nitrogens with zero attached hydrogens (tertiary/aromatic N) is 2. The number of aromatic nitrogens is 2. The maximum Gasteiger partial charge on any atom is 0.0631 e. The summed E-state index contributed by atoms with van der Waals surface area (Å²) in [6.45, 7) is 0.352. The third-order valence-corrected chi connectivity index (χ3v) is 6.56. The van der Waals surface area contributed by atoms with Crippen molar-refractivity contribution >= 4 is 0 Å². The summed E-state index contributed by atoms with van der Waals surface area (Å²) in [5.41, 5.74) is 1.36. The van der Waals surface area contributed by atoms with Gasteiger partial charge in [-0.05, 0) is 56.4 Å². The topological polar surface area (TPSA) is 38.0 Å². The highest BCUT2D eigenvalue weighted by molar-refractivity contribution is 5.10. The van der Waals surface area contributed by atoms with Gasteiger partial charge in [-0.3, -0.25) is 4.68 Å². The molecule has 3 heteroatoms. The van der Waals surface area contributed by atoms with Gasteiger partial charge in [0.1, 0.15) is 0 Å². The van der Waals surface area contributed by atoms with Gasteiger partial charge >= 0.3 is 0 Å². The molecule has 0 radical (unpaired) electrons. The SMILES string of the molecule is OCC1(Cc2ccn(C3CCCCC3)n2)CC2CCC1C2. The van der Waals surface area contributed by atoms with E-state index >= 15 is 0 Å². The Labute approximate surface area is 127 Å². The van der Waals surface area contributed by atoms with E-state index in [-0.39, 0.29) is 5.41 Å². The second-order valence-electron chi connectivity index (χ2n) is 7.86. The highest BCUT2D eigenvalue weighted by atomic mass is 16.3. The molecule has 0 amide bonds. The molecule has 4 rings (SSSR count). The van der Waals surface area contributed by atoms with Crippen LogP contribution in [0.2, 0.25) is 0 Å². The molecule has 3 nitrogen and oxygen atoms in total. The second-order valence-corrected chi connectivity index (χ2v) is 7.86. The summed E-state index contributed by atoms with van der Waals surface area (Å²) in [7, 11) is 0. The first kappa shape index (κ1) is 13.8. The van der Waals surface area contributed by atoms with E-state index in [1.807, 2.05) is 0 Å². The van der Waals surface area contributed by atoms with Crippen LogP contribution < -0.4 is 0 Å². The van der Waals surface area contributed by atoms with Crippen molar-refractivity contribution in [3.8, 4) is 0 Å². The minimum Gasteiger partial charge on any atom is -0.396 e. The Morgan fingerprint density at radius 1 is 1.19 bits per heavy atom. The van der Waals surface area contributed by atoms with Gasteiger partial charge in [-0.25, -0.2) is 0 Å². The fourth-order valence-electron chi connectivity index (χ4n) is 5.41. The van der Waals surface area contributed by atoms with Crippen LogP contribution in [-0.2, 0) is 6.42 Å². The van der Waals surface area contributed by atoms with Crippen LogP contribution in [0.3, 0.4) is 0 Å². The van der Waals surface area contributed by atoms with Gasteiger partial charge < -0.3 is 5.11 Å². The van der Waals surface area contributed by atoms with E-state index in [0.29, 0.717) is 12.6 Å². The molecule has 3 saturated carbocycles. The van der Waals surface area contributed by atoms with Crippen molar-refractivity contribution in [1.82, 2.24) is 9.78 Å². The quantitative estimate of drug-likeness (QED) is 0.916. The summed E-state index contributed by atoms with van der Waals surface area (Å²) in [5.74, 6) is 1.62. The van der Waals surface area contributed by atoms with Crippen LogP contribution in [0, 0.1) is 17.3 Å². The summed E-state index contributed by atoms with van der Waals surface area (Å²) >= 11 is 0. The molecule has 1 heterocycles.